The Labute approximate surface area is 147 Å². The Kier molecular flexibility index (Phi) is 5.98. The third-order valence-corrected chi connectivity index (χ3v) is 3.54. The Morgan fingerprint density at radius 3 is 2.50 bits per heavy atom. The highest BCUT2D eigenvalue weighted by Crippen LogP contribution is 2.29. The van der Waals surface area contributed by atoms with Gasteiger partial charge in [-0.2, -0.15) is 18.3 Å². The van der Waals surface area contributed by atoms with Gasteiger partial charge in [0.25, 0.3) is 0 Å². The number of nitrogens with one attached hydrogen (secondary N) is 1. The van der Waals surface area contributed by atoms with Crippen LogP contribution in [0.1, 0.15) is 12.0 Å². The SMILES string of the molecule is CN(CCCN)C(=O)C(=O)Nc1cnn(-c2ccc(C(F)(F)F)cc2)c1. The van der Waals surface area contributed by atoms with Gasteiger partial charge in [0.2, 0.25) is 0 Å². The summed E-state index contributed by atoms with van der Waals surface area (Å²) in [5.41, 5.74) is 5.21. The van der Waals surface area contributed by atoms with Crippen LogP contribution in [0.2, 0.25) is 0 Å². The van der Waals surface area contributed by atoms with Crippen LogP contribution < -0.4 is 11.1 Å². The summed E-state index contributed by atoms with van der Waals surface area (Å²) in [7, 11) is 1.49. The normalized spacial score (nSPS) is 11.3. The molecule has 0 radical (unpaired) electrons. The van der Waals surface area contributed by atoms with E-state index in [2.05, 4.69) is 10.4 Å². The van der Waals surface area contributed by atoms with Crippen molar-refractivity contribution >= 4 is 17.5 Å². The molecule has 0 saturated carbocycles. The molecule has 0 bridgehead atoms. The van der Waals surface area contributed by atoms with Crippen molar-refractivity contribution in [1.29, 1.82) is 0 Å². The molecule has 0 aliphatic carbocycles. The summed E-state index contributed by atoms with van der Waals surface area (Å²) in [6, 6.07) is 4.39. The van der Waals surface area contributed by atoms with E-state index in [-0.39, 0.29) is 5.69 Å². The number of likely N-dealkylation sites (N-methyl/N-ethyl adjacent to an activating group) is 1. The summed E-state index contributed by atoms with van der Waals surface area (Å²) < 4.78 is 39.0. The van der Waals surface area contributed by atoms with E-state index in [1.165, 1.54) is 41.2 Å². The van der Waals surface area contributed by atoms with Gasteiger partial charge in [0.15, 0.2) is 0 Å². The molecule has 3 N–H and O–H groups in total. The molecular weight excluding hydrogens is 351 g/mol. The molecule has 26 heavy (non-hydrogen) atoms. The quantitative estimate of drug-likeness (QED) is 0.784. The Morgan fingerprint density at radius 1 is 1.27 bits per heavy atom. The fourth-order valence-corrected chi connectivity index (χ4v) is 2.12. The standard InChI is InChI=1S/C16H18F3N5O2/c1-23(8-2-7-20)15(26)14(25)22-12-9-21-24(10-12)13-5-3-11(4-6-13)16(17,18)19/h3-6,9-10H,2,7-8,20H2,1H3,(H,22,25). The largest absolute Gasteiger partial charge is 0.416 e. The lowest BCUT2D eigenvalue weighted by atomic mass is 10.2. The minimum atomic E-state index is -4.42. The number of halogens is 3. The lowest BCUT2D eigenvalue weighted by Crippen LogP contribution is -2.38. The molecule has 0 fully saturated rings. The fourth-order valence-electron chi connectivity index (χ4n) is 2.12. The number of hydrogen-bond donors (Lipinski definition) is 2. The van der Waals surface area contributed by atoms with Crippen molar-refractivity contribution in [3.8, 4) is 5.69 Å². The minimum Gasteiger partial charge on any atom is -0.337 e. The zero-order valence-electron chi connectivity index (χ0n) is 14.0. The topological polar surface area (TPSA) is 93.2 Å². The van der Waals surface area contributed by atoms with Crippen molar-refractivity contribution in [3.05, 3.63) is 42.2 Å². The molecule has 2 amide bonds. The first-order valence-corrected chi connectivity index (χ1v) is 7.71. The molecular formula is C16H18F3N5O2. The number of rotatable bonds is 5. The molecule has 10 heteroatoms. The number of aromatic nitrogens is 2. The van der Waals surface area contributed by atoms with Crippen LogP contribution >= 0.6 is 0 Å². The van der Waals surface area contributed by atoms with E-state index < -0.39 is 23.6 Å². The predicted molar refractivity (Wildman–Crippen MR) is 88.5 cm³/mol. The van der Waals surface area contributed by atoms with E-state index in [9.17, 15) is 22.8 Å². The molecule has 1 aromatic carbocycles. The zero-order valence-corrected chi connectivity index (χ0v) is 14.0. The molecule has 0 saturated heterocycles. The molecule has 2 aromatic rings. The summed E-state index contributed by atoms with van der Waals surface area (Å²) in [5.74, 6) is -1.56. The number of carbonyl (C=O) groups is 2. The van der Waals surface area contributed by atoms with Crippen molar-refractivity contribution in [2.75, 3.05) is 25.5 Å². The van der Waals surface area contributed by atoms with Crippen LogP contribution in [0, 0.1) is 0 Å². The number of anilines is 1. The molecule has 7 nitrogen and oxygen atoms in total. The first-order valence-electron chi connectivity index (χ1n) is 7.71. The molecule has 1 heterocycles. The number of benzene rings is 1. The summed E-state index contributed by atoms with van der Waals surface area (Å²) in [6.07, 6.45) is -1.16. The Bertz CT molecular complexity index is 771. The van der Waals surface area contributed by atoms with E-state index in [0.29, 0.717) is 25.2 Å². The summed E-state index contributed by atoms with van der Waals surface area (Å²) in [6.45, 7) is 0.757. The van der Waals surface area contributed by atoms with Gasteiger partial charge in [0, 0.05) is 13.6 Å². The van der Waals surface area contributed by atoms with Gasteiger partial charge in [-0.1, -0.05) is 0 Å². The van der Waals surface area contributed by atoms with Crippen molar-refractivity contribution in [3.63, 3.8) is 0 Å². The van der Waals surface area contributed by atoms with Gasteiger partial charge in [-0.25, -0.2) is 4.68 Å². The summed E-state index contributed by atoms with van der Waals surface area (Å²) in [4.78, 5) is 25.1. The van der Waals surface area contributed by atoms with Crippen LogP contribution in [-0.2, 0) is 15.8 Å². The highest BCUT2D eigenvalue weighted by atomic mass is 19.4. The Balaban J connectivity index is 2.03. The van der Waals surface area contributed by atoms with Crippen molar-refractivity contribution in [1.82, 2.24) is 14.7 Å². The van der Waals surface area contributed by atoms with Gasteiger partial charge >= 0.3 is 18.0 Å². The second-order valence-electron chi connectivity index (χ2n) is 5.54. The molecule has 0 unspecified atom stereocenters. The van der Waals surface area contributed by atoms with Crippen LogP contribution in [0.4, 0.5) is 18.9 Å². The third-order valence-electron chi connectivity index (χ3n) is 3.54. The van der Waals surface area contributed by atoms with E-state index >= 15 is 0 Å². The van der Waals surface area contributed by atoms with Gasteiger partial charge < -0.3 is 16.0 Å². The third kappa shape index (κ3) is 4.82. The average Bonchev–Trinajstić information content (AvgIpc) is 3.06. The number of amides is 2. The van der Waals surface area contributed by atoms with Crippen LogP contribution in [0.3, 0.4) is 0 Å². The molecule has 0 aliphatic heterocycles. The van der Waals surface area contributed by atoms with Crippen molar-refractivity contribution in [2.24, 2.45) is 5.73 Å². The van der Waals surface area contributed by atoms with Crippen molar-refractivity contribution < 1.29 is 22.8 Å². The van der Waals surface area contributed by atoms with Gasteiger partial charge in [-0.3, -0.25) is 9.59 Å². The minimum absolute atomic E-state index is 0.246. The molecule has 2 rings (SSSR count). The maximum Gasteiger partial charge on any atom is 0.416 e. The summed E-state index contributed by atoms with van der Waals surface area (Å²) in [5, 5.41) is 6.36. The van der Waals surface area contributed by atoms with E-state index in [1.54, 1.807) is 0 Å². The first kappa shape index (κ1) is 19.4. The molecule has 0 atom stereocenters. The highest BCUT2D eigenvalue weighted by molar-refractivity contribution is 6.39. The van der Waals surface area contributed by atoms with Crippen molar-refractivity contribution in [2.45, 2.75) is 12.6 Å². The zero-order chi connectivity index (χ0) is 19.3. The van der Waals surface area contributed by atoms with Crippen LogP contribution in [0.25, 0.3) is 5.69 Å². The van der Waals surface area contributed by atoms with Gasteiger partial charge in [-0.05, 0) is 37.2 Å². The van der Waals surface area contributed by atoms with E-state index in [1.807, 2.05) is 0 Å². The first-order chi connectivity index (χ1) is 12.2. The average molecular weight is 369 g/mol. The highest BCUT2D eigenvalue weighted by Gasteiger charge is 2.30. The second kappa shape index (κ2) is 8.00. The lowest BCUT2D eigenvalue weighted by molar-refractivity contribution is -0.142. The Hall–Kier alpha value is -2.88. The number of nitrogens with zero attached hydrogens (tertiary/aromatic N) is 3. The summed E-state index contributed by atoms with van der Waals surface area (Å²) >= 11 is 0. The number of alkyl halides is 3. The molecule has 0 aliphatic rings. The predicted octanol–water partition coefficient (Wildman–Crippen LogP) is 1.64. The lowest BCUT2D eigenvalue weighted by Gasteiger charge is -2.15. The van der Waals surface area contributed by atoms with Gasteiger partial charge in [-0.15, -0.1) is 0 Å². The maximum absolute atomic E-state index is 12.6. The monoisotopic (exact) mass is 369 g/mol. The van der Waals surface area contributed by atoms with Crippen LogP contribution in [0.5, 0.6) is 0 Å². The number of carbonyl (C=O) groups excluding carboxylic acids is 2. The van der Waals surface area contributed by atoms with E-state index in [4.69, 9.17) is 5.73 Å². The molecule has 140 valence electrons. The number of hydrogen-bond acceptors (Lipinski definition) is 4. The smallest absolute Gasteiger partial charge is 0.337 e. The molecule has 1 aromatic heterocycles. The fraction of sp³-hybridized carbons (Fsp3) is 0.312. The maximum atomic E-state index is 12.6. The van der Waals surface area contributed by atoms with Gasteiger partial charge in [0.1, 0.15) is 0 Å². The Morgan fingerprint density at radius 2 is 1.92 bits per heavy atom. The van der Waals surface area contributed by atoms with E-state index in [0.717, 1.165) is 12.1 Å². The number of nitrogens with two attached hydrogens (primary N) is 1. The molecule has 0 spiro atoms. The van der Waals surface area contributed by atoms with Gasteiger partial charge in [0.05, 0.1) is 29.3 Å². The second-order valence-corrected chi connectivity index (χ2v) is 5.54. The van der Waals surface area contributed by atoms with Crippen LogP contribution in [-0.4, -0.2) is 46.6 Å². The van der Waals surface area contributed by atoms with Crippen LogP contribution in [0.15, 0.2) is 36.7 Å².